The number of benzene rings is 2. The number of thiazole rings is 1. The van der Waals surface area contributed by atoms with Crippen molar-refractivity contribution in [2.75, 3.05) is 11.2 Å². The van der Waals surface area contributed by atoms with E-state index >= 15 is 0 Å². The van der Waals surface area contributed by atoms with Gasteiger partial charge in [0.15, 0.2) is 15.0 Å². The molecular weight excluding hydrogens is 430 g/mol. The average Bonchev–Trinajstić information content (AvgIpc) is 3.14. The van der Waals surface area contributed by atoms with E-state index in [0.29, 0.717) is 10.7 Å². The van der Waals surface area contributed by atoms with Crippen LogP contribution in [-0.2, 0) is 16.4 Å². The van der Waals surface area contributed by atoms with Gasteiger partial charge in [0.25, 0.3) is 5.91 Å². The van der Waals surface area contributed by atoms with Gasteiger partial charge in [-0.1, -0.05) is 17.4 Å². The molecule has 158 valence electrons. The minimum Gasteiger partial charge on any atom is -0.278 e. The van der Waals surface area contributed by atoms with Crippen molar-refractivity contribution in [2.24, 2.45) is 0 Å². The third-order valence-electron chi connectivity index (χ3n) is 5.04. The van der Waals surface area contributed by atoms with Crippen molar-refractivity contribution in [3.8, 4) is 0 Å². The summed E-state index contributed by atoms with van der Waals surface area (Å²) in [5.74, 6) is -0.266. The Morgan fingerprint density at radius 1 is 1.03 bits per heavy atom. The van der Waals surface area contributed by atoms with Gasteiger partial charge in [0.05, 0.1) is 27.4 Å². The fourth-order valence-corrected chi connectivity index (χ4v) is 4.84. The summed E-state index contributed by atoms with van der Waals surface area (Å²) in [6.45, 7) is 4.34. The molecule has 31 heavy (non-hydrogen) atoms. The molecule has 8 heteroatoms. The number of anilines is 1. The number of carbonyl (C=O) groups is 1. The number of pyridine rings is 1. The molecule has 2 aromatic carbocycles. The lowest BCUT2D eigenvalue weighted by molar-refractivity contribution is 0.0984. The van der Waals surface area contributed by atoms with E-state index in [2.05, 4.69) is 11.1 Å². The van der Waals surface area contributed by atoms with Crippen LogP contribution in [0.3, 0.4) is 0 Å². The van der Waals surface area contributed by atoms with Gasteiger partial charge in [-0.05, 0) is 73.5 Å². The van der Waals surface area contributed by atoms with Crippen molar-refractivity contribution < 1.29 is 13.2 Å². The van der Waals surface area contributed by atoms with Gasteiger partial charge in [0.2, 0.25) is 0 Å². The summed E-state index contributed by atoms with van der Waals surface area (Å²) in [6, 6.07) is 15.6. The molecule has 0 saturated carbocycles. The van der Waals surface area contributed by atoms with Crippen LogP contribution in [0.1, 0.15) is 27.2 Å². The first kappa shape index (κ1) is 21.1. The maximum absolute atomic E-state index is 13.4. The van der Waals surface area contributed by atoms with Crippen LogP contribution in [0.25, 0.3) is 10.2 Å². The summed E-state index contributed by atoms with van der Waals surface area (Å²) in [6.07, 6.45) is 2.83. The molecule has 6 nitrogen and oxygen atoms in total. The van der Waals surface area contributed by atoms with Crippen molar-refractivity contribution in [3.63, 3.8) is 0 Å². The number of hydrogen-bond acceptors (Lipinski definition) is 6. The Hall–Kier alpha value is -3.10. The van der Waals surface area contributed by atoms with Gasteiger partial charge in [0, 0.05) is 18.0 Å². The highest BCUT2D eigenvalue weighted by molar-refractivity contribution is 7.90. The van der Waals surface area contributed by atoms with E-state index in [0.717, 1.165) is 27.7 Å². The van der Waals surface area contributed by atoms with E-state index < -0.39 is 9.84 Å². The average molecular weight is 452 g/mol. The lowest BCUT2D eigenvalue weighted by atomic mass is 10.1. The fourth-order valence-electron chi connectivity index (χ4n) is 3.16. The Kier molecular flexibility index (Phi) is 5.60. The zero-order chi connectivity index (χ0) is 22.2. The first-order valence-electron chi connectivity index (χ1n) is 9.62. The predicted octanol–water partition coefficient (Wildman–Crippen LogP) is 4.56. The van der Waals surface area contributed by atoms with Gasteiger partial charge in [-0.25, -0.2) is 13.4 Å². The number of carbonyl (C=O) groups excluding carboxylic acids is 1. The minimum atomic E-state index is -3.34. The smallest absolute Gasteiger partial charge is 0.260 e. The molecular formula is C23H21N3O3S2. The Balaban J connectivity index is 1.76. The second kappa shape index (κ2) is 8.20. The van der Waals surface area contributed by atoms with Crippen LogP contribution in [0.4, 0.5) is 5.13 Å². The van der Waals surface area contributed by atoms with Crippen LogP contribution in [0.5, 0.6) is 0 Å². The molecule has 0 spiro atoms. The number of amides is 1. The maximum atomic E-state index is 13.4. The molecule has 0 saturated heterocycles. The Morgan fingerprint density at radius 3 is 2.39 bits per heavy atom. The number of aromatic nitrogens is 2. The monoisotopic (exact) mass is 451 g/mol. The van der Waals surface area contributed by atoms with Crippen LogP contribution in [0.15, 0.2) is 65.7 Å². The fraction of sp³-hybridized carbons (Fsp3) is 0.174. The van der Waals surface area contributed by atoms with Crippen LogP contribution in [0.2, 0.25) is 0 Å². The van der Waals surface area contributed by atoms with Gasteiger partial charge in [-0.2, -0.15) is 0 Å². The van der Waals surface area contributed by atoms with E-state index in [4.69, 9.17) is 4.98 Å². The molecule has 4 aromatic rings. The summed E-state index contributed by atoms with van der Waals surface area (Å²) >= 11 is 1.45. The molecule has 0 aliphatic heterocycles. The molecule has 0 unspecified atom stereocenters. The number of rotatable bonds is 5. The number of aryl methyl sites for hydroxylation is 2. The molecule has 0 atom stereocenters. The molecule has 2 aromatic heterocycles. The minimum absolute atomic E-state index is 0.172. The van der Waals surface area contributed by atoms with Crippen molar-refractivity contribution in [1.82, 2.24) is 9.97 Å². The Morgan fingerprint density at radius 2 is 1.74 bits per heavy atom. The van der Waals surface area contributed by atoms with Crippen LogP contribution in [0, 0.1) is 13.8 Å². The third kappa shape index (κ3) is 4.50. The lowest BCUT2D eigenvalue weighted by Gasteiger charge is -2.19. The van der Waals surface area contributed by atoms with E-state index in [-0.39, 0.29) is 17.3 Å². The summed E-state index contributed by atoms with van der Waals surface area (Å²) in [7, 11) is -3.34. The Bertz CT molecular complexity index is 1320. The standard InChI is InChI=1S/C23H21N3O3S2/c1-15-12-20-21(13-16(15)2)30-23(25-20)26(14-18-6-4-5-11-24-18)22(27)17-7-9-19(10-8-17)31(3,28)29/h4-13H,14H2,1-3H3. The highest BCUT2D eigenvalue weighted by Gasteiger charge is 2.23. The number of nitrogens with zero attached hydrogens (tertiary/aromatic N) is 3. The van der Waals surface area contributed by atoms with Crippen LogP contribution < -0.4 is 4.90 Å². The van der Waals surface area contributed by atoms with Gasteiger partial charge >= 0.3 is 0 Å². The number of hydrogen-bond donors (Lipinski definition) is 0. The number of sulfone groups is 1. The predicted molar refractivity (Wildman–Crippen MR) is 123 cm³/mol. The van der Waals surface area contributed by atoms with Crippen LogP contribution >= 0.6 is 11.3 Å². The summed E-state index contributed by atoms with van der Waals surface area (Å²) < 4.78 is 24.5. The zero-order valence-corrected chi connectivity index (χ0v) is 19.0. The normalized spacial score (nSPS) is 11.6. The first-order chi connectivity index (χ1) is 14.7. The van der Waals surface area contributed by atoms with Gasteiger partial charge in [-0.15, -0.1) is 0 Å². The Labute approximate surface area is 185 Å². The highest BCUT2D eigenvalue weighted by atomic mass is 32.2. The van der Waals surface area contributed by atoms with Crippen molar-refractivity contribution in [2.45, 2.75) is 25.3 Å². The van der Waals surface area contributed by atoms with E-state index in [1.165, 1.54) is 41.2 Å². The number of fused-ring (bicyclic) bond motifs is 1. The van der Waals surface area contributed by atoms with E-state index in [9.17, 15) is 13.2 Å². The van der Waals surface area contributed by atoms with Crippen molar-refractivity contribution >= 4 is 42.4 Å². The first-order valence-corrected chi connectivity index (χ1v) is 12.3. The van der Waals surface area contributed by atoms with E-state index in [1.807, 2.05) is 38.1 Å². The quantitative estimate of drug-likeness (QED) is 0.444. The van der Waals surface area contributed by atoms with Gasteiger partial charge < -0.3 is 0 Å². The zero-order valence-electron chi connectivity index (χ0n) is 17.4. The topological polar surface area (TPSA) is 80.2 Å². The molecule has 0 radical (unpaired) electrons. The van der Waals surface area contributed by atoms with Crippen molar-refractivity contribution in [1.29, 1.82) is 0 Å². The molecule has 0 N–H and O–H groups in total. The second-order valence-electron chi connectivity index (χ2n) is 7.41. The molecule has 0 fully saturated rings. The van der Waals surface area contributed by atoms with Crippen LogP contribution in [-0.4, -0.2) is 30.5 Å². The van der Waals surface area contributed by atoms with Gasteiger partial charge in [0.1, 0.15) is 0 Å². The molecule has 0 bridgehead atoms. The largest absolute Gasteiger partial charge is 0.278 e. The molecule has 2 heterocycles. The summed E-state index contributed by atoms with van der Waals surface area (Å²) in [5, 5.41) is 0.572. The molecule has 0 aliphatic rings. The third-order valence-corrected chi connectivity index (χ3v) is 7.21. The summed E-state index contributed by atoms with van der Waals surface area (Å²) in [5.41, 5.74) is 4.27. The maximum Gasteiger partial charge on any atom is 0.260 e. The second-order valence-corrected chi connectivity index (χ2v) is 10.4. The highest BCUT2D eigenvalue weighted by Crippen LogP contribution is 2.32. The van der Waals surface area contributed by atoms with Crippen molar-refractivity contribution in [3.05, 3.63) is 83.2 Å². The van der Waals surface area contributed by atoms with Gasteiger partial charge in [-0.3, -0.25) is 14.7 Å². The lowest BCUT2D eigenvalue weighted by Crippen LogP contribution is -2.30. The SMILES string of the molecule is Cc1cc2nc(N(Cc3ccccn3)C(=O)c3ccc(S(C)(=O)=O)cc3)sc2cc1C. The molecule has 1 amide bonds. The summed E-state index contributed by atoms with van der Waals surface area (Å²) in [4.78, 5) is 24.3. The van der Waals surface area contributed by atoms with E-state index in [1.54, 1.807) is 11.1 Å². The molecule has 4 rings (SSSR count). The molecule has 0 aliphatic carbocycles.